The van der Waals surface area contributed by atoms with Gasteiger partial charge in [0.05, 0.1) is 21.4 Å². The maximum Gasteiger partial charge on any atom is 0.0936 e. The van der Waals surface area contributed by atoms with Crippen LogP contribution in [0.2, 0.25) is 0 Å². The van der Waals surface area contributed by atoms with E-state index in [9.17, 15) is 0 Å². The van der Waals surface area contributed by atoms with E-state index in [1.54, 1.807) is 0 Å². The van der Waals surface area contributed by atoms with Crippen LogP contribution in [0.3, 0.4) is 0 Å². The number of aryl methyl sites for hydroxylation is 5. The number of thiazole rings is 2. The molecule has 110 valence electrons. The summed E-state index contributed by atoms with van der Waals surface area (Å²) < 4.78 is 0. The first kappa shape index (κ1) is 15.6. The predicted molar refractivity (Wildman–Crippen MR) is 89.0 cm³/mol. The Morgan fingerprint density at radius 1 is 0.950 bits per heavy atom. The molecular formula is C16H24N2S2. The molecule has 0 saturated carbocycles. The van der Waals surface area contributed by atoms with Gasteiger partial charge < -0.3 is 0 Å². The normalized spacial score (nSPS) is 12.1. The van der Waals surface area contributed by atoms with E-state index in [0.717, 1.165) is 19.3 Å². The molecular weight excluding hydrogens is 284 g/mol. The largest absolute Gasteiger partial charge is 0.246 e. The first-order valence-electron chi connectivity index (χ1n) is 7.13. The van der Waals surface area contributed by atoms with Crippen molar-refractivity contribution < 1.29 is 0 Å². The lowest BCUT2D eigenvalue weighted by Crippen LogP contribution is -2.16. The van der Waals surface area contributed by atoms with Crippen molar-refractivity contribution in [1.82, 2.24) is 9.97 Å². The van der Waals surface area contributed by atoms with Crippen LogP contribution in [-0.2, 0) is 12.8 Å². The molecule has 0 N–H and O–H groups in total. The summed E-state index contributed by atoms with van der Waals surface area (Å²) in [6.07, 6.45) is 3.30. The van der Waals surface area contributed by atoms with Gasteiger partial charge in [-0.25, -0.2) is 9.97 Å². The highest BCUT2D eigenvalue weighted by Crippen LogP contribution is 2.31. The van der Waals surface area contributed by atoms with Crippen LogP contribution in [0.1, 0.15) is 51.4 Å². The summed E-state index contributed by atoms with van der Waals surface area (Å²) in [6.45, 7) is 13.2. The molecule has 4 heteroatoms. The molecule has 2 nitrogen and oxygen atoms in total. The number of hydrogen-bond acceptors (Lipinski definition) is 4. The van der Waals surface area contributed by atoms with Crippen LogP contribution in [0.15, 0.2) is 0 Å². The standard InChI is InChI=1S/C16H24N2S2/c1-10-11(2)20-15(17-10)9-16(5,6)8-7-14-12(3)19-13(4)18-14/h7-9H2,1-6H3. The summed E-state index contributed by atoms with van der Waals surface area (Å²) in [5.41, 5.74) is 2.75. The summed E-state index contributed by atoms with van der Waals surface area (Å²) in [6, 6.07) is 0. The molecule has 2 aromatic heterocycles. The summed E-state index contributed by atoms with van der Waals surface area (Å²) >= 11 is 3.65. The lowest BCUT2D eigenvalue weighted by atomic mass is 9.84. The van der Waals surface area contributed by atoms with Gasteiger partial charge in [-0.15, -0.1) is 22.7 Å². The number of aromatic nitrogens is 2. The lowest BCUT2D eigenvalue weighted by Gasteiger charge is -2.23. The van der Waals surface area contributed by atoms with E-state index in [0.29, 0.717) is 0 Å². The molecule has 2 aromatic rings. The zero-order valence-corrected chi connectivity index (χ0v) is 15.0. The number of nitrogens with zero attached hydrogens (tertiary/aromatic N) is 2. The molecule has 0 aliphatic rings. The van der Waals surface area contributed by atoms with Crippen molar-refractivity contribution in [2.75, 3.05) is 0 Å². The smallest absolute Gasteiger partial charge is 0.0936 e. The molecule has 0 aliphatic carbocycles. The van der Waals surface area contributed by atoms with Crippen LogP contribution in [0, 0.1) is 33.1 Å². The fraction of sp³-hybridized carbons (Fsp3) is 0.625. The summed E-state index contributed by atoms with van der Waals surface area (Å²) in [7, 11) is 0. The van der Waals surface area contributed by atoms with Gasteiger partial charge in [0, 0.05) is 16.2 Å². The van der Waals surface area contributed by atoms with Crippen molar-refractivity contribution in [3.05, 3.63) is 31.2 Å². The van der Waals surface area contributed by atoms with Crippen molar-refractivity contribution in [1.29, 1.82) is 0 Å². The molecule has 0 aromatic carbocycles. The van der Waals surface area contributed by atoms with E-state index >= 15 is 0 Å². The summed E-state index contributed by atoms with van der Waals surface area (Å²) in [5.74, 6) is 0. The third-order valence-electron chi connectivity index (χ3n) is 3.74. The van der Waals surface area contributed by atoms with Gasteiger partial charge in [0.1, 0.15) is 0 Å². The van der Waals surface area contributed by atoms with Crippen molar-refractivity contribution in [2.45, 2.75) is 60.8 Å². The van der Waals surface area contributed by atoms with E-state index in [4.69, 9.17) is 0 Å². The fourth-order valence-electron chi connectivity index (χ4n) is 2.37. The average molecular weight is 309 g/mol. The van der Waals surface area contributed by atoms with E-state index in [2.05, 4.69) is 51.5 Å². The van der Waals surface area contributed by atoms with Crippen LogP contribution >= 0.6 is 22.7 Å². The molecule has 2 rings (SSSR count). The first-order chi connectivity index (χ1) is 9.27. The van der Waals surface area contributed by atoms with Crippen molar-refractivity contribution in [3.63, 3.8) is 0 Å². The van der Waals surface area contributed by atoms with E-state index in [-0.39, 0.29) is 5.41 Å². The minimum atomic E-state index is 0.278. The van der Waals surface area contributed by atoms with Gasteiger partial charge in [0.25, 0.3) is 0 Å². The Bertz CT molecular complexity index is 574. The zero-order chi connectivity index (χ0) is 14.9. The fourth-order valence-corrected chi connectivity index (χ4v) is 4.43. The molecule has 0 aliphatic heterocycles. The number of rotatable bonds is 5. The Balaban J connectivity index is 1.98. The monoisotopic (exact) mass is 308 g/mol. The maximum atomic E-state index is 4.68. The third kappa shape index (κ3) is 3.89. The molecule has 0 radical (unpaired) electrons. The van der Waals surface area contributed by atoms with E-state index in [1.165, 1.54) is 31.2 Å². The number of hydrogen-bond donors (Lipinski definition) is 0. The van der Waals surface area contributed by atoms with Crippen molar-refractivity contribution >= 4 is 22.7 Å². The minimum absolute atomic E-state index is 0.278. The second-order valence-corrected chi connectivity index (χ2v) is 9.02. The molecule has 0 spiro atoms. The molecule has 2 heterocycles. The minimum Gasteiger partial charge on any atom is -0.246 e. The van der Waals surface area contributed by atoms with Gasteiger partial charge in [-0.3, -0.25) is 0 Å². The molecule has 0 bridgehead atoms. The van der Waals surface area contributed by atoms with Crippen LogP contribution in [0.5, 0.6) is 0 Å². The Labute approximate surface area is 130 Å². The molecule has 0 fully saturated rings. The summed E-state index contributed by atoms with van der Waals surface area (Å²) in [5, 5.41) is 2.46. The first-order valence-corrected chi connectivity index (χ1v) is 8.76. The topological polar surface area (TPSA) is 25.8 Å². The molecule has 0 saturated heterocycles. The van der Waals surface area contributed by atoms with E-state index in [1.807, 2.05) is 22.7 Å². The SMILES string of the molecule is Cc1nc(CCC(C)(C)Cc2nc(C)c(C)s2)c(C)s1. The Hall–Kier alpha value is -0.740. The van der Waals surface area contributed by atoms with Crippen LogP contribution < -0.4 is 0 Å². The predicted octanol–water partition coefficient (Wildman–Crippen LogP) is 5.03. The van der Waals surface area contributed by atoms with Gasteiger partial charge in [-0.1, -0.05) is 13.8 Å². The van der Waals surface area contributed by atoms with Crippen LogP contribution in [0.4, 0.5) is 0 Å². The van der Waals surface area contributed by atoms with Gasteiger partial charge in [-0.2, -0.15) is 0 Å². The van der Waals surface area contributed by atoms with Crippen LogP contribution in [0.25, 0.3) is 0 Å². The molecule has 0 atom stereocenters. The van der Waals surface area contributed by atoms with Gasteiger partial charge in [0.2, 0.25) is 0 Å². The van der Waals surface area contributed by atoms with E-state index < -0.39 is 0 Å². The highest BCUT2D eigenvalue weighted by atomic mass is 32.1. The average Bonchev–Trinajstić information content (AvgIpc) is 2.79. The Kier molecular flexibility index (Phi) is 4.65. The van der Waals surface area contributed by atoms with Crippen LogP contribution in [-0.4, -0.2) is 9.97 Å². The second-order valence-electron chi connectivity index (χ2n) is 6.33. The Morgan fingerprint density at radius 3 is 2.15 bits per heavy atom. The molecule has 0 unspecified atom stereocenters. The Morgan fingerprint density at radius 2 is 1.65 bits per heavy atom. The zero-order valence-electron chi connectivity index (χ0n) is 13.3. The van der Waals surface area contributed by atoms with Gasteiger partial charge in [0.15, 0.2) is 0 Å². The quantitative estimate of drug-likeness (QED) is 0.773. The van der Waals surface area contributed by atoms with Crippen molar-refractivity contribution in [2.24, 2.45) is 5.41 Å². The van der Waals surface area contributed by atoms with Gasteiger partial charge in [-0.05, 0) is 46.0 Å². The second kappa shape index (κ2) is 5.94. The van der Waals surface area contributed by atoms with Crippen molar-refractivity contribution in [3.8, 4) is 0 Å². The molecule has 0 amide bonds. The summed E-state index contributed by atoms with van der Waals surface area (Å²) in [4.78, 5) is 12.0. The molecule has 20 heavy (non-hydrogen) atoms. The highest BCUT2D eigenvalue weighted by Gasteiger charge is 2.21. The highest BCUT2D eigenvalue weighted by molar-refractivity contribution is 7.11. The third-order valence-corrected chi connectivity index (χ3v) is 5.74. The van der Waals surface area contributed by atoms with Gasteiger partial charge >= 0.3 is 0 Å². The maximum absolute atomic E-state index is 4.68. The lowest BCUT2D eigenvalue weighted by molar-refractivity contribution is 0.331.